The molecule has 0 spiro atoms. The van der Waals surface area contributed by atoms with E-state index in [4.69, 9.17) is 14.2 Å². The summed E-state index contributed by atoms with van der Waals surface area (Å²) in [7, 11) is 0. The highest BCUT2D eigenvalue weighted by atomic mass is 16.7. The van der Waals surface area contributed by atoms with E-state index in [1.54, 1.807) is 18.2 Å². The van der Waals surface area contributed by atoms with E-state index in [1.165, 1.54) is 12.2 Å². The molecule has 0 saturated carbocycles. The average Bonchev–Trinajstić information content (AvgIpc) is 3.30. The van der Waals surface area contributed by atoms with Crippen LogP contribution in [0.15, 0.2) is 52.2 Å². The molecule has 2 aliphatic heterocycles. The molecule has 11 nitrogen and oxygen atoms in total. The molecule has 1 aromatic carbocycles. The van der Waals surface area contributed by atoms with Crippen molar-refractivity contribution in [3.63, 3.8) is 0 Å². The Morgan fingerprint density at radius 1 is 1.20 bits per heavy atom. The van der Waals surface area contributed by atoms with Crippen LogP contribution in [-0.2, 0) is 16.1 Å². The van der Waals surface area contributed by atoms with Gasteiger partial charge in [-0.2, -0.15) is 0 Å². The molecule has 1 aromatic heterocycles. The molecule has 2 aromatic rings. The third kappa shape index (κ3) is 3.99. The first-order valence-electron chi connectivity index (χ1n) is 9.10. The average molecular weight is 417 g/mol. The number of fused-ring (bicyclic) bond motifs is 1. The van der Waals surface area contributed by atoms with Gasteiger partial charge in [0, 0.05) is 24.9 Å². The predicted octanol–water partition coefficient (Wildman–Crippen LogP) is -1.24. The van der Waals surface area contributed by atoms with Crippen molar-refractivity contribution in [2.24, 2.45) is 0 Å². The minimum absolute atomic E-state index is 0.162. The lowest BCUT2D eigenvalue weighted by Crippen LogP contribution is -2.37. The lowest BCUT2D eigenvalue weighted by Gasteiger charge is -2.16. The molecule has 30 heavy (non-hydrogen) atoms. The number of nitrogens with zero attached hydrogens (tertiary/aromatic N) is 1. The van der Waals surface area contributed by atoms with Gasteiger partial charge in [0.2, 0.25) is 12.7 Å². The molecule has 11 heteroatoms. The smallest absolute Gasteiger partial charge is 0.330 e. The number of amides is 1. The number of carbonyl (C=O) groups excluding carboxylic acids is 1. The van der Waals surface area contributed by atoms with Crippen LogP contribution in [0.3, 0.4) is 0 Å². The van der Waals surface area contributed by atoms with Crippen molar-refractivity contribution in [1.29, 1.82) is 0 Å². The monoisotopic (exact) mass is 417 g/mol. The van der Waals surface area contributed by atoms with Crippen LogP contribution in [0.5, 0.6) is 11.5 Å². The summed E-state index contributed by atoms with van der Waals surface area (Å²) in [5.41, 5.74) is -0.573. The quantitative estimate of drug-likeness (QED) is 0.441. The molecule has 4 N–H and O–H groups in total. The van der Waals surface area contributed by atoms with E-state index >= 15 is 0 Å². The number of carbonyl (C=O) groups is 1. The molecule has 4 rings (SSSR count). The van der Waals surface area contributed by atoms with Gasteiger partial charge in [-0.05, 0) is 23.8 Å². The maximum Gasteiger partial charge on any atom is 0.330 e. The molecule has 1 fully saturated rings. The van der Waals surface area contributed by atoms with E-state index in [0.717, 1.165) is 22.4 Å². The fraction of sp³-hybridized carbons (Fsp3) is 0.316. The summed E-state index contributed by atoms with van der Waals surface area (Å²) in [5, 5.41) is 23.0. The van der Waals surface area contributed by atoms with Gasteiger partial charge in [-0.15, -0.1) is 0 Å². The number of aliphatic hydroxyl groups is 2. The molecule has 2 aliphatic rings. The van der Waals surface area contributed by atoms with Crippen molar-refractivity contribution in [1.82, 2.24) is 14.9 Å². The van der Waals surface area contributed by atoms with Crippen molar-refractivity contribution in [2.75, 3.05) is 6.79 Å². The van der Waals surface area contributed by atoms with Crippen LogP contribution >= 0.6 is 0 Å². The molecule has 0 unspecified atom stereocenters. The van der Waals surface area contributed by atoms with Gasteiger partial charge in [0.05, 0.1) is 0 Å². The summed E-state index contributed by atoms with van der Waals surface area (Å²) in [6, 6.07) is 6.41. The van der Waals surface area contributed by atoms with E-state index in [2.05, 4.69) is 5.32 Å². The highest BCUT2D eigenvalue weighted by molar-refractivity contribution is 5.87. The molecule has 4 atom stereocenters. The van der Waals surface area contributed by atoms with Crippen molar-refractivity contribution in [2.45, 2.75) is 31.1 Å². The number of nitrogens with one attached hydrogen (secondary N) is 2. The van der Waals surface area contributed by atoms with Gasteiger partial charge in [-0.1, -0.05) is 6.07 Å². The van der Waals surface area contributed by atoms with E-state index in [0.29, 0.717) is 11.5 Å². The Morgan fingerprint density at radius 3 is 2.80 bits per heavy atom. The van der Waals surface area contributed by atoms with Gasteiger partial charge in [-0.3, -0.25) is 19.1 Å². The van der Waals surface area contributed by atoms with E-state index in [-0.39, 0.29) is 13.3 Å². The minimum atomic E-state index is -1.43. The molecule has 1 amide bonds. The first-order valence-corrected chi connectivity index (χ1v) is 9.10. The van der Waals surface area contributed by atoms with Crippen LogP contribution in [0, 0.1) is 0 Å². The van der Waals surface area contributed by atoms with Gasteiger partial charge in [0.15, 0.2) is 17.7 Å². The Balaban J connectivity index is 1.36. The number of H-pyrrole nitrogens is 1. The summed E-state index contributed by atoms with van der Waals surface area (Å²) < 4.78 is 17.0. The fourth-order valence-electron chi connectivity index (χ4n) is 3.18. The lowest BCUT2D eigenvalue weighted by atomic mass is 10.1. The predicted molar refractivity (Wildman–Crippen MR) is 101 cm³/mol. The lowest BCUT2D eigenvalue weighted by molar-refractivity contribution is -0.116. The number of aromatic amines is 1. The number of hydrogen-bond donors (Lipinski definition) is 4. The number of hydrogen-bond acceptors (Lipinski definition) is 8. The summed E-state index contributed by atoms with van der Waals surface area (Å²) in [6.45, 7) is 0.404. The first-order chi connectivity index (χ1) is 14.4. The topological polar surface area (TPSA) is 152 Å². The maximum absolute atomic E-state index is 12.1. The number of aromatic nitrogens is 2. The van der Waals surface area contributed by atoms with E-state index < -0.39 is 41.7 Å². The van der Waals surface area contributed by atoms with Gasteiger partial charge in [0.25, 0.3) is 5.56 Å². The zero-order valence-electron chi connectivity index (χ0n) is 15.6. The molecular formula is C19H19N3O8. The third-order valence-corrected chi connectivity index (χ3v) is 4.74. The summed E-state index contributed by atoms with van der Waals surface area (Å²) in [6.07, 6.45) is -1.42. The summed E-state index contributed by atoms with van der Waals surface area (Å²) in [5.74, 6) is 0.812. The first kappa shape index (κ1) is 19.9. The summed E-state index contributed by atoms with van der Waals surface area (Å²) >= 11 is 0. The second kappa shape index (κ2) is 8.14. The fourth-order valence-corrected chi connectivity index (χ4v) is 3.18. The van der Waals surface area contributed by atoms with Crippen molar-refractivity contribution >= 4 is 5.91 Å². The molecule has 1 saturated heterocycles. The van der Waals surface area contributed by atoms with Crippen LogP contribution in [-0.4, -0.2) is 50.8 Å². The van der Waals surface area contributed by atoms with E-state index in [9.17, 15) is 24.6 Å². The van der Waals surface area contributed by atoms with Gasteiger partial charge in [-0.25, -0.2) is 4.79 Å². The Kier molecular flexibility index (Phi) is 5.40. The van der Waals surface area contributed by atoms with Crippen LogP contribution in [0.2, 0.25) is 0 Å². The second-order valence-electron chi connectivity index (χ2n) is 6.75. The highest BCUT2D eigenvalue weighted by Crippen LogP contribution is 2.32. The minimum Gasteiger partial charge on any atom is -0.454 e. The molecule has 158 valence electrons. The van der Waals surface area contributed by atoms with Gasteiger partial charge in [0.1, 0.15) is 18.3 Å². The van der Waals surface area contributed by atoms with Gasteiger partial charge >= 0.3 is 5.69 Å². The van der Waals surface area contributed by atoms with Crippen molar-refractivity contribution < 1.29 is 29.2 Å². The molecule has 0 bridgehead atoms. The maximum atomic E-state index is 12.1. The van der Waals surface area contributed by atoms with Crippen LogP contribution < -0.4 is 26.0 Å². The Bertz CT molecular complexity index is 1090. The number of aliphatic hydroxyl groups excluding tert-OH is 2. The second-order valence-corrected chi connectivity index (χ2v) is 6.75. The molecule has 0 radical (unpaired) electrons. The third-order valence-electron chi connectivity index (χ3n) is 4.74. The zero-order chi connectivity index (χ0) is 21.3. The number of benzene rings is 1. The van der Waals surface area contributed by atoms with Crippen molar-refractivity contribution in [3.05, 3.63) is 69.0 Å². The molecule has 0 aliphatic carbocycles. The summed E-state index contributed by atoms with van der Waals surface area (Å²) in [4.78, 5) is 37.2. The Labute approximate surface area is 169 Å². The molecule has 3 heterocycles. The Morgan fingerprint density at radius 2 is 2.00 bits per heavy atom. The largest absolute Gasteiger partial charge is 0.454 e. The number of ether oxygens (including phenoxy) is 3. The van der Waals surface area contributed by atoms with Crippen LogP contribution in [0.25, 0.3) is 0 Å². The normalized spacial score (nSPS) is 25.0. The highest BCUT2D eigenvalue weighted by Gasteiger charge is 2.42. The van der Waals surface area contributed by atoms with Crippen LogP contribution in [0.4, 0.5) is 0 Å². The molecular weight excluding hydrogens is 398 g/mol. The van der Waals surface area contributed by atoms with Gasteiger partial charge < -0.3 is 29.7 Å². The van der Waals surface area contributed by atoms with Crippen LogP contribution in [0.1, 0.15) is 11.8 Å². The van der Waals surface area contributed by atoms with Crippen molar-refractivity contribution in [3.8, 4) is 11.5 Å². The van der Waals surface area contributed by atoms with E-state index in [1.807, 2.05) is 4.98 Å². The Hall–Kier alpha value is -3.41. The standard InChI is InChI=1S/C19H19N3O8/c23-14(20-8-10-1-2-11-13(7-10)29-9-28-11)4-3-12-16(25)17(26)18(30-12)22-6-5-15(24)21-19(22)27/h1-7,12,16-18,25-26H,8-9H2,(H,20,23)(H,21,24,27)/b4-3+/t12-,16-,17-,18-/m1/s1. The SMILES string of the molecule is O=C(/C=C/[C@H]1O[C@@H](n2ccc(=O)[nH]c2=O)[C@H](O)[C@@H]1O)NCc1ccc2c(c1)OCO2. The zero-order valence-corrected chi connectivity index (χ0v) is 15.6. The number of rotatable bonds is 5.